The number of hydrogen-bond donors (Lipinski definition) is 1. The van der Waals surface area contributed by atoms with Gasteiger partial charge in [-0.3, -0.25) is 4.79 Å². The molecule has 0 atom stereocenters. The third kappa shape index (κ3) is 4.44. The average Bonchev–Trinajstić information content (AvgIpc) is 3.16. The number of alkyl halides is 4. The van der Waals surface area contributed by atoms with Gasteiger partial charge in [0.1, 0.15) is 11.4 Å². The molecule has 7 nitrogen and oxygen atoms in total. The van der Waals surface area contributed by atoms with E-state index < -0.39 is 30.1 Å². The third-order valence-corrected chi connectivity index (χ3v) is 4.30. The molecular formula is C19H18F4N4O3. The Morgan fingerprint density at radius 3 is 2.43 bits per heavy atom. The minimum Gasteiger partial charge on any atom is -0.493 e. The number of nitrogens with one attached hydrogen (secondary N) is 1. The highest BCUT2D eigenvalue weighted by atomic mass is 19.3. The molecule has 1 amide bonds. The van der Waals surface area contributed by atoms with Gasteiger partial charge >= 0.3 is 0 Å². The molecule has 0 radical (unpaired) electrons. The zero-order valence-corrected chi connectivity index (χ0v) is 16.0. The van der Waals surface area contributed by atoms with Gasteiger partial charge in [0.05, 0.1) is 14.2 Å². The molecule has 0 aliphatic carbocycles. The first-order valence-electron chi connectivity index (χ1n) is 8.80. The van der Waals surface area contributed by atoms with E-state index in [-0.39, 0.29) is 17.9 Å². The Morgan fingerprint density at radius 1 is 1.07 bits per heavy atom. The molecule has 0 unspecified atom stereocenters. The van der Waals surface area contributed by atoms with E-state index in [0.29, 0.717) is 28.5 Å². The molecule has 3 aromatic rings. The molecular weight excluding hydrogens is 408 g/mol. The summed E-state index contributed by atoms with van der Waals surface area (Å²) in [5.41, 5.74) is -1.17. The zero-order valence-electron chi connectivity index (χ0n) is 16.0. The number of carbonyl (C=O) groups is 1. The van der Waals surface area contributed by atoms with Crippen LogP contribution in [0.3, 0.4) is 0 Å². The summed E-state index contributed by atoms with van der Waals surface area (Å²) < 4.78 is 63.3. The molecule has 0 fully saturated rings. The van der Waals surface area contributed by atoms with E-state index in [2.05, 4.69) is 15.4 Å². The van der Waals surface area contributed by atoms with E-state index in [1.165, 1.54) is 14.2 Å². The molecule has 0 aliphatic heterocycles. The average molecular weight is 426 g/mol. The van der Waals surface area contributed by atoms with Crippen LogP contribution in [0.15, 0.2) is 30.3 Å². The Kier molecular flexibility index (Phi) is 6.38. The Morgan fingerprint density at radius 2 is 1.80 bits per heavy atom. The number of aromatic nitrogens is 3. The van der Waals surface area contributed by atoms with Gasteiger partial charge in [-0.1, -0.05) is 6.07 Å². The minimum absolute atomic E-state index is 0.205. The molecule has 0 aliphatic rings. The number of halogens is 4. The first-order chi connectivity index (χ1) is 14.3. The number of ether oxygens (including phenoxy) is 2. The molecule has 1 aromatic carbocycles. The second-order valence-corrected chi connectivity index (χ2v) is 6.20. The van der Waals surface area contributed by atoms with Gasteiger partial charge in [0.2, 0.25) is 0 Å². The fourth-order valence-corrected chi connectivity index (χ4v) is 2.84. The summed E-state index contributed by atoms with van der Waals surface area (Å²) in [6, 6.07) is 6.97. The molecule has 0 bridgehead atoms. The van der Waals surface area contributed by atoms with Crippen molar-refractivity contribution in [3.8, 4) is 11.5 Å². The molecule has 0 saturated carbocycles. The third-order valence-electron chi connectivity index (χ3n) is 4.30. The molecule has 160 valence electrons. The van der Waals surface area contributed by atoms with E-state index in [4.69, 9.17) is 9.47 Å². The first-order valence-corrected chi connectivity index (χ1v) is 8.80. The van der Waals surface area contributed by atoms with Gasteiger partial charge in [0, 0.05) is 12.6 Å². The maximum absolute atomic E-state index is 13.2. The second-order valence-electron chi connectivity index (χ2n) is 6.20. The lowest BCUT2D eigenvalue weighted by Gasteiger charge is -2.09. The van der Waals surface area contributed by atoms with Crippen molar-refractivity contribution in [1.29, 1.82) is 0 Å². The van der Waals surface area contributed by atoms with E-state index in [0.717, 1.165) is 11.6 Å². The summed E-state index contributed by atoms with van der Waals surface area (Å²) >= 11 is 0. The lowest BCUT2D eigenvalue weighted by atomic mass is 10.1. The topological polar surface area (TPSA) is 77.8 Å². The van der Waals surface area contributed by atoms with Crippen molar-refractivity contribution >= 4 is 11.6 Å². The van der Waals surface area contributed by atoms with E-state index in [9.17, 15) is 22.4 Å². The standard InChI is InChI=1S/C19H18F4N4O3/c1-29-14-4-3-10(7-15(14)30-2)5-6-24-19(28)12-9-16-25-11(17(20)21)8-13(18(22)23)27(16)26-12/h3-4,7-9,17-18H,5-6H2,1-2H3,(H,24,28). The molecule has 1 N–H and O–H groups in total. The van der Waals surface area contributed by atoms with Crippen LogP contribution in [0.5, 0.6) is 11.5 Å². The number of amides is 1. The van der Waals surface area contributed by atoms with Crippen molar-refractivity contribution in [2.45, 2.75) is 19.3 Å². The van der Waals surface area contributed by atoms with Gasteiger partial charge < -0.3 is 14.8 Å². The summed E-state index contributed by atoms with van der Waals surface area (Å²) in [6.07, 6.45) is -5.63. The first kappa shape index (κ1) is 21.3. The Hall–Kier alpha value is -3.37. The Bertz CT molecular complexity index is 1060. The van der Waals surface area contributed by atoms with Gasteiger partial charge in [-0.2, -0.15) is 5.10 Å². The molecule has 11 heteroatoms. The van der Waals surface area contributed by atoms with Crippen molar-refractivity contribution in [2.75, 3.05) is 20.8 Å². The number of carbonyl (C=O) groups excluding carboxylic acids is 1. The minimum atomic E-state index is -3.06. The maximum Gasteiger partial charge on any atom is 0.280 e. The number of fused-ring (bicyclic) bond motifs is 1. The predicted octanol–water partition coefficient (Wildman–Crippen LogP) is 3.59. The van der Waals surface area contributed by atoms with E-state index in [1.54, 1.807) is 12.1 Å². The van der Waals surface area contributed by atoms with Crippen LogP contribution in [0, 0.1) is 0 Å². The predicted molar refractivity (Wildman–Crippen MR) is 98.5 cm³/mol. The number of nitrogens with zero attached hydrogens (tertiary/aromatic N) is 3. The lowest BCUT2D eigenvalue weighted by molar-refractivity contribution is 0.0947. The lowest BCUT2D eigenvalue weighted by Crippen LogP contribution is -2.26. The molecule has 2 heterocycles. The molecule has 30 heavy (non-hydrogen) atoms. The fourth-order valence-electron chi connectivity index (χ4n) is 2.84. The highest BCUT2D eigenvalue weighted by molar-refractivity contribution is 5.93. The summed E-state index contributed by atoms with van der Waals surface area (Å²) in [7, 11) is 3.03. The second kappa shape index (κ2) is 8.97. The number of rotatable bonds is 8. The summed E-state index contributed by atoms with van der Waals surface area (Å²) in [4.78, 5) is 15.9. The van der Waals surface area contributed by atoms with E-state index in [1.807, 2.05) is 6.07 Å². The van der Waals surface area contributed by atoms with Gasteiger partial charge in [0.25, 0.3) is 18.8 Å². The van der Waals surface area contributed by atoms with Crippen molar-refractivity contribution in [2.24, 2.45) is 0 Å². The molecule has 2 aromatic heterocycles. The summed E-state index contributed by atoms with van der Waals surface area (Å²) in [5, 5.41) is 6.40. The van der Waals surface area contributed by atoms with Crippen molar-refractivity contribution in [3.05, 3.63) is 53.0 Å². The van der Waals surface area contributed by atoms with Crippen LogP contribution in [0.1, 0.15) is 40.3 Å². The van der Waals surface area contributed by atoms with Gasteiger partial charge in [0.15, 0.2) is 22.8 Å². The van der Waals surface area contributed by atoms with Crippen molar-refractivity contribution in [3.63, 3.8) is 0 Å². The SMILES string of the molecule is COc1ccc(CCNC(=O)c2cc3nc(C(F)F)cc(C(F)F)n3n2)cc1OC. The van der Waals surface area contributed by atoms with Crippen LogP contribution in [0.2, 0.25) is 0 Å². The van der Waals surface area contributed by atoms with Crippen LogP contribution in [0.25, 0.3) is 5.65 Å². The largest absolute Gasteiger partial charge is 0.493 e. The normalized spacial score (nSPS) is 11.3. The smallest absolute Gasteiger partial charge is 0.280 e. The molecule has 3 rings (SSSR count). The van der Waals surface area contributed by atoms with Crippen LogP contribution < -0.4 is 14.8 Å². The quantitative estimate of drug-likeness (QED) is 0.557. The van der Waals surface area contributed by atoms with Gasteiger partial charge in [-0.25, -0.2) is 27.1 Å². The number of hydrogen-bond acceptors (Lipinski definition) is 5. The van der Waals surface area contributed by atoms with Gasteiger partial charge in [-0.05, 0) is 30.2 Å². The monoisotopic (exact) mass is 426 g/mol. The highest BCUT2D eigenvalue weighted by Gasteiger charge is 2.22. The van der Waals surface area contributed by atoms with Crippen LogP contribution in [0.4, 0.5) is 17.6 Å². The van der Waals surface area contributed by atoms with Crippen molar-refractivity contribution in [1.82, 2.24) is 19.9 Å². The van der Waals surface area contributed by atoms with Crippen LogP contribution in [-0.4, -0.2) is 41.3 Å². The van der Waals surface area contributed by atoms with Crippen LogP contribution in [-0.2, 0) is 6.42 Å². The summed E-state index contributed by atoms with van der Waals surface area (Å²) in [6.45, 7) is 0.222. The van der Waals surface area contributed by atoms with Crippen LogP contribution >= 0.6 is 0 Å². The van der Waals surface area contributed by atoms with Crippen molar-refractivity contribution < 1.29 is 31.8 Å². The van der Waals surface area contributed by atoms with E-state index >= 15 is 0 Å². The Balaban J connectivity index is 1.73. The number of benzene rings is 1. The molecule has 0 spiro atoms. The molecule has 0 saturated heterocycles. The zero-order chi connectivity index (χ0) is 21.8. The number of methoxy groups -OCH3 is 2. The Labute approximate surface area is 168 Å². The maximum atomic E-state index is 13.2. The highest BCUT2D eigenvalue weighted by Crippen LogP contribution is 2.28. The summed E-state index contributed by atoms with van der Waals surface area (Å²) in [5.74, 6) is 0.474. The fraction of sp³-hybridized carbons (Fsp3) is 0.316. The van der Waals surface area contributed by atoms with Gasteiger partial charge in [-0.15, -0.1) is 0 Å².